The summed E-state index contributed by atoms with van der Waals surface area (Å²) < 4.78 is 13.8. The molecule has 0 aromatic carbocycles. The third kappa shape index (κ3) is 6.43. The van der Waals surface area contributed by atoms with Crippen molar-refractivity contribution in [3.05, 3.63) is 24.3 Å². The molecule has 0 heterocycles. The lowest BCUT2D eigenvalue weighted by molar-refractivity contribution is -0.115. The molecule has 0 N–H and O–H groups in total. The summed E-state index contributed by atoms with van der Waals surface area (Å²) in [4.78, 5) is 12.6. The Bertz CT molecular complexity index is 763. The van der Waals surface area contributed by atoms with Gasteiger partial charge in [-0.25, -0.2) is 0 Å². The lowest BCUT2D eigenvalue weighted by atomic mass is 9.62. The SMILES string of the molecule is C=C1C(=O)C[C@@H](O[Si](C)(C)C(C)(C)C)[C@@H]1/C=C/CC(O[Si](C)(C)C(C)(C)C)C1(CCC)CCC1. The standard InChI is InChI=1S/C29H54O3Si2/c1-13-18-29(19-15-20-29)26(32-34(11,12)28(6,7)8)17-14-16-23-22(2)24(30)21-25(23)31-33(9,10)27(3,4)5/h14,16,23,25-26H,2,13,15,17-21H2,1,3-12H3/b16-14+/t23-,25-,26?/m1/s1. The summed E-state index contributed by atoms with van der Waals surface area (Å²) in [5.74, 6) is 0.146. The average Bonchev–Trinajstić information content (AvgIpc) is 2.88. The number of rotatable bonds is 10. The van der Waals surface area contributed by atoms with Crippen LogP contribution < -0.4 is 0 Å². The Labute approximate surface area is 213 Å². The second kappa shape index (κ2) is 10.5. The summed E-state index contributed by atoms with van der Waals surface area (Å²) in [5.41, 5.74) is 1.03. The number of hydrogen-bond donors (Lipinski definition) is 0. The molecule has 0 aliphatic heterocycles. The van der Waals surface area contributed by atoms with Gasteiger partial charge < -0.3 is 8.85 Å². The highest BCUT2D eigenvalue weighted by Gasteiger charge is 2.48. The predicted octanol–water partition coefficient (Wildman–Crippen LogP) is 8.83. The van der Waals surface area contributed by atoms with Crippen LogP contribution in [0.2, 0.25) is 36.3 Å². The van der Waals surface area contributed by atoms with E-state index in [1.165, 1.54) is 32.1 Å². The summed E-state index contributed by atoms with van der Waals surface area (Å²) in [5, 5.41) is 0.313. The molecule has 3 atom stereocenters. The molecular formula is C29H54O3Si2. The summed E-state index contributed by atoms with van der Waals surface area (Å²) in [6.07, 6.45) is 12.4. The molecule has 0 amide bonds. The number of Topliss-reactive ketones (excluding diaryl/α,β-unsaturated/α-hetero) is 1. The lowest BCUT2D eigenvalue weighted by Crippen LogP contribution is -2.51. The first-order chi connectivity index (χ1) is 15.4. The maximum Gasteiger partial charge on any atom is 0.192 e. The molecule has 2 aliphatic rings. The van der Waals surface area contributed by atoms with Crippen molar-refractivity contribution in [2.45, 2.75) is 142 Å². The first-order valence-electron chi connectivity index (χ1n) is 13.6. The van der Waals surface area contributed by atoms with E-state index in [0.717, 1.165) is 6.42 Å². The van der Waals surface area contributed by atoms with Gasteiger partial charge in [-0.3, -0.25) is 4.79 Å². The molecule has 5 heteroatoms. The highest BCUT2D eigenvalue weighted by molar-refractivity contribution is 6.74. The minimum absolute atomic E-state index is 0.0151. The molecule has 2 aliphatic carbocycles. The van der Waals surface area contributed by atoms with Crippen LogP contribution in [0.4, 0.5) is 0 Å². The predicted molar refractivity (Wildman–Crippen MR) is 151 cm³/mol. The van der Waals surface area contributed by atoms with Gasteiger partial charge in [-0.2, -0.15) is 0 Å². The van der Waals surface area contributed by atoms with Crippen LogP contribution in [0.1, 0.15) is 93.4 Å². The Kier molecular flexibility index (Phi) is 9.16. The molecule has 2 fully saturated rings. The fourth-order valence-corrected chi connectivity index (χ4v) is 7.68. The van der Waals surface area contributed by atoms with Crippen molar-refractivity contribution in [1.82, 2.24) is 0 Å². The summed E-state index contributed by atoms with van der Waals surface area (Å²) in [6.45, 7) is 29.5. The van der Waals surface area contributed by atoms with Crippen LogP contribution >= 0.6 is 0 Å². The van der Waals surface area contributed by atoms with Crippen LogP contribution in [-0.2, 0) is 13.6 Å². The van der Waals surface area contributed by atoms with Crippen molar-refractivity contribution in [1.29, 1.82) is 0 Å². The van der Waals surface area contributed by atoms with Gasteiger partial charge in [-0.1, -0.05) is 80.0 Å². The number of ketones is 1. The summed E-state index contributed by atoms with van der Waals surface area (Å²) in [7, 11) is -3.85. The normalized spacial score (nSPS) is 25.1. The molecule has 196 valence electrons. The van der Waals surface area contributed by atoms with E-state index >= 15 is 0 Å². The van der Waals surface area contributed by atoms with E-state index < -0.39 is 16.6 Å². The Balaban J connectivity index is 2.24. The Morgan fingerprint density at radius 2 is 1.62 bits per heavy atom. The van der Waals surface area contributed by atoms with Crippen LogP contribution in [0.25, 0.3) is 0 Å². The Morgan fingerprint density at radius 3 is 2.06 bits per heavy atom. The van der Waals surface area contributed by atoms with Crippen LogP contribution in [-0.4, -0.2) is 34.6 Å². The van der Waals surface area contributed by atoms with Crippen molar-refractivity contribution in [3.63, 3.8) is 0 Å². The molecule has 0 saturated heterocycles. The number of carbonyl (C=O) groups excluding carboxylic acids is 1. The number of carbonyl (C=O) groups is 1. The first-order valence-corrected chi connectivity index (χ1v) is 19.4. The van der Waals surface area contributed by atoms with Gasteiger partial charge in [0.1, 0.15) is 0 Å². The zero-order chi connectivity index (χ0) is 26.2. The highest BCUT2D eigenvalue weighted by Crippen LogP contribution is 2.52. The average molecular weight is 507 g/mol. The second-order valence-corrected chi connectivity index (χ2v) is 23.6. The molecule has 2 saturated carbocycles. The molecule has 1 unspecified atom stereocenters. The minimum Gasteiger partial charge on any atom is -0.413 e. The van der Waals surface area contributed by atoms with E-state index in [2.05, 4.69) is 93.4 Å². The van der Waals surface area contributed by atoms with Gasteiger partial charge in [0, 0.05) is 12.3 Å². The van der Waals surface area contributed by atoms with Gasteiger partial charge in [0.25, 0.3) is 0 Å². The zero-order valence-corrected chi connectivity index (χ0v) is 26.3. The molecule has 0 spiro atoms. The molecular weight excluding hydrogens is 452 g/mol. The topological polar surface area (TPSA) is 35.5 Å². The van der Waals surface area contributed by atoms with Crippen molar-refractivity contribution < 1.29 is 13.6 Å². The molecule has 2 rings (SSSR count). The van der Waals surface area contributed by atoms with E-state index in [0.29, 0.717) is 17.4 Å². The Morgan fingerprint density at radius 1 is 1.06 bits per heavy atom. The van der Waals surface area contributed by atoms with Crippen molar-refractivity contribution in [2.24, 2.45) is 11.3 Å². The van der Waals surface area contributed by atoms with E-state index in [9.17, 15) is 4.79 Å². The van der Waals surface area contributed by atoms with Crippen molar-refractivity contribution >= 4 is 22.4 Å². The molecule has 0 radical (unpaired) electrons. The number of hydrogen-bond acceptors (Lipinski definition) is 3. The third-order valence-electron chi connectivity index (χ3n) is 9.52. The van der Waals surface area contributed by atoms with E-state index in [-0.39, 0.29) is 34.0 Å². The molecule has 0 aromatic heterocycles. The van der Waals surface area contributed by atoms with Crippen LogP contribution in [0.3, 0.4) is 0 Å². The quantitative estimate of drug-likeness (QED) is 0.169. The van der Waals surface area contributed by atoms with Crippen molar-refractivity contribution in [3.8, 4) is 0 Å². The Hall–Kier alpha value is -0.496. The fraction of sp³-hybridized carbons (Fsp3) is 0.828. The highest BCUT2D eigenvalue weighted by atomic mass is 28.4. The minimum atomic E-state index is -1.97. The maximum atomic E-state index is 12.6. The van der Waals surface area contributed by atoms with Gasteiger partial charge >= 0.3 is 0 Å². The first kappa shape index (κ1) is 29.7. The van der Waals surface area contributed by atoms with Gasteiger partial charge in [0.15, 0.2) is 22.4 Å². The zero-order valence-electron chi connectivity index (χ0n) is 24.3. The van der Waals surface area contributed by atoms with E-state index in [1.54, 1.807) is 0 Å². The summed E-state index contributed by atoms with van der Waals surface area (Å²) in [6, 6.07) is 0. The lowest BCUT2D eigenvalue weighted by Gasteiger charge is -2.51. The largest absolute Gasteiger partial charge is 0.413 e. The van der Waals surface area contributed by atoms with Crippen LogP contribution in [0.15, 0.2) is 24.3 Å². The molecule has 3 nitrogen and oxygen atoms in total. The van der Waals surface area contributed by atoms with Crippen LogP contribution in [0, 0.1) is 11.3 Å². The molecule has 0 aromatic rings. The van der Waals surface area contributed by atoms with Gasteiger partial charge in [0.2, 0.25) is 0 Å². The summed E-state index contributed by atoms with van der Waals surface area (Å²) >= 11 is 0. The second-order valence-electron chi connectivity index (χ2n) is 14.1. The third-order valence-corrected chi connectivity index (χ3v) is 18.5. The van der Waals surface area contributed by atoms with Crippen molar-refractivity contribution in [2.75, 3.05) is 0 Å². The molecule has 34 heavy (non-hydrogen) atoms. The maximum absolute atomic E-state index is 12.6. The van der Waals surface area contributed by atoms with Crippen LogP contribution in [0.5, 0.6) is 0 Å². The fourth-order valence-electron chi connectivity index (χ4n) is 4.93. The monoisotopic (exact) mass is 506 g/mol. The van der Waals surface area contributed by atoms with E-state index in [4.69, 9.17) is 8.85 Å². The smallest absolute Gasteiger partial charge is 0.192 e. The van der Waals surface area contributed by atoms with E-state index in [1.807, 2.05) is 0 Å². The molecule has 0 bridgehead atoms. The van der Waals surface area contributed by atoms with Gasteiger partial charge in [-0.15, -0.1) is 0 Å². The van der Waals surface area contributed by atoms with Gasteiger partial charge in [0.05, 0.1) is 12.2 Å². The van der Waals surface area contributed by atoms with Gasteiger partial charge in [-0.05, 0) is 72.9 Å².